The average molecular weight is 162 g/mol. The smallest absolute Gasteiger partial charge is 0.226 e. The topological polar surface area (TPSA) is 12.8 Å². The van der Waals surface area contributed by atoms with E-state index < -0.39 is 0 Å². The van der Waals surface area contributed by atoms with Gasteiger partial charge in [0.25, 0.3) is 0 Å². The first-order chi connectivity index (χ1) is 5.90. The van der Waals surface area contributed by atoms with E-state index >= 15 is 0 Å². The van der Waals surface area contributed by atoms with Crippen molar-refractivity contribution in [1.82, 2.24) is 0 Å². The minimum absolute atomic E-state index is 1.01. The maximum atomic E-state index is 3.93. The van der Waals surface area contributed by atoms with Crippen LogP contribution in [-0.4, -0.2) is 4.74 Å². The van der Waals surface area contributed by atoms with Gasteiger partial charge < -0.3 is 4.74 Å². The fourth-order valence-electron chi connectivity index (χ4n) is 1.82. The summed E-state index contributed by atoms with van der Waals surface area (Å²) in [5.74, 6) is 1.01. The molecule has 12 heavy (non-hydrogen) atoms. The van der Waals surface area contributed by atoms with Crippen LogP contribution in [0.15, 0.2) is 18.2 Å². The van der Waals surface area contributed by atoms with Crippen LogP contribution < -0.4 is 0 Å². The van der Waals surface area contributed by atoms with Gasteiger partial charge in [-0.25, -0.2) is 0 Å². The molecule has 1 nitrogen and oxygen atoms in total. The minimum Gasteiger partial charge on any atom is -0.722 e. The number of aromatic hydroxyl groups is 1. The molecule has 1 aliphatic carbocycles. The summed E-state index contributed by atoms with van der Waals surface area (Å²) in [5.41, 5.74) is 2.99. The average Bonchev–Trinajstić information content (AvgIpc) is 2.17. The standard InChI is InChI=1S/C11H14O/c1-12-11-7-6-9-4-2-3-5-10(9)8-11/h6-8,12H,1-5H2. The first-order valence-corrected chi connectivity index (χ1v) is 4.48. The lowest BCUT2D eigenvalue weighted by Gasteiger charge is -2.15. The van der Waals surface area contributed by atoms with Crippen molar-refractivity contribution < 1.29 is 4.74 Å². The molecule has 0 bridgehead atoms. The highest BCUT2D eigenvalue weighted by atomic mass is 16.5. The van der Waals surface area contributed by atoms with Crippen LogP contribution in [0.2, 0.25) is 0 Å². The zero-order valence-corrected chi connectivity index (χ0v) is 7.21. The van der Waals surface area contributed by atoms with Crippen LogP contribution in [-0.2, 0) is 12.8 Å². The monoisotopic (exact) mass is 162 g/mol. The van der Waals surface area contributed by atoms with Gasteiger partial charge in [-0.1, -0.05) is 0 Å². The number of fused-ring (bicyclic) bond motifs is 1. The van der Waals surface area contributed by atoms with Gasteiger partial charge in [-0.05, 0) is 50.0 Å². The number of rotatable bonds is 1. The second-order valence-electron chi connectivity index (χ2n) is 3.32. The van der Waals surface area contributed by atoms with E-state index in [0.29, 0.717) is 0 Å². The highest BCUT2D eigenvalue weighted by molar-refractivity contribution is 5.36. The van der Waals surface area contributed by atoms with E-state index in [2.05, 4.69) is 30.0 Å². The molecule has 64 valence electrons. The van der Waals surface area contributed by atoms with Crippen LogP contribution in [0.3, 0.4) is 0 Å². The van der Waals surface area contributed by atoms with Crippen LogP contribution in [0.5, 0.6) is 5.75 Å². The van der Waals surface area contributed by atoms with Crippen molar-refractivity contribution in [2.45, 2.75) is 25.7 Å². The number of hydrogen-bond acceptors (Lipinski definition) is 0. The van der Waals surface area contributed by atoms with E-state index in [9.17, 15) is 0 Å². The molecule has 1 heteroatoms. The molecule has 0 unspecified atom stereocenters. The van der Waals surface area contributed by atoms with Crippen molar-refractivity contribution in [1.29, 1.82) is 0 Å². The van der Waals surface area contributed by atoms with Crippen LogP contribution in [0.1, 0.15) is 24.0 Å². The van der Waals surface area contributed by atoms with Crippen molar-refractivity contribution >= 4 is 0 Å². The summed E-state index contributed by atoms with van der Waals surface area (Å²) in [6.45, 7) is 0. The third-order valence-electron chi connectivity index (χ3n) is 2.51. The van der Waals surface area contributed by atoms with Crippen LogP contribution in [0.25, 0.3) is 0 Å². The van der Waals surface area contributed by atoms with E-state index in [4.69, 9.17) is 0 Å². The Morgan fingerprint density at radius 1 is 1.08 bits per heavy atom. The Kier molecular flexibility index (Phi) is 2.03. The Balaban J connectivity index is 2.36. The molecule has 2 rings (SSSR count). The maximum absolute atomic E-state index is 3.93. The quantitative estimate of drug-likeness (QED) is 0.444. The third kappa shape index (κ3) is 1.31. The molecule has 0 heterocycles. The van der Waals surface area contributed by atoms with Crippen molar-refractivity contribution in [3.05, 3.63) is 36.4 Å². The first-order valence-electron chi connectivity index (χ1n) is 4.48. The Morgan fingerprint density at radius 2 is 1.83 bits per heavy atom. The summed E-state index contributed by atoms with van der Waals surface area (Å²) < 4.78 is 3.93. The fraction of sp³-hybridized carbons (Fsp3) is 0.364. The Labute approximate surface area is 73.4 Å². The molecule has 1 aromatic carbocycles. The number of hydrogen-bond donors (Lipinski definition) is 0. The molecular formula is C11H14O. The SMILES string of the molecule is [CH2-][OH+]c1ccc2c(c1)CCCC2. The Morgan fingerprint density at radius 3 is 2.58 bits per heavy atom. The van der Waals surface area contributed by atoms with Gasteiger partial charge in [-0.15, -0.1) is 0 Å². The van der Waals surface area contributed by atoms with Crippen molar-refractivity contribution in [3.63, 3.8) is 0 Å². The highest BCUT2D eigenvalue weighted by Gasteiger charge is 2.09. The maximum Gasteiger partial charge on any atom is 0.226 e. The predicted molar refractivity (Wildman–Crippen MR) is 50.1 cm³/mol. The summed E-state index contributed by atoms with van der Waals surface area (Å²) in [4.78, 5) is 0. The van der Waals surface area contributed by atoms with E-state index in [0.717, 1.165) is 5.75 Å². The normalized spacial score (nSPS) is 15.4. The summed E-state index contributed by atoms with van der Waals surface area (Å²) in [6.07, 6.45) is 5.13. The van der Waals surface area contributed by atoms with Crippen molar-refractivity contribution in [3.8, 4) is 5.75 Å². The molecule has 0 aliphatic heterocycles. The fourth-order valence-corrected chi connectivity index (χ4v) is 1.82. The largest absolute Gasteiger partial charge is 0.722 e. The molecule has 1 aliphatic rings. The van der Waals surface area contributed by atoms with Crippen molar-refractivity contribution in [2.75, 3.05) is 0 Å². The molecule has 0 aromatic heterocycles. The number of ether oxygens (including phenoxy) is 1. The lowest BCUT2D eigenvalue weighted by molar-refractivity contribution is 0.185. The van der Waals surface area contributed by atoms with Gasteiger partial charge in [0.15, 0.2) is 0 Å². The molecule has 1 N–H and O–H groups in total. The zero-order valence-electron chi connectivity index (χ0n) is 7.21. The van der Waals surface area contributed by atoms with Gasteiger partial charge in [0.2, 0.25) is 5.75 Å². The van der Waals surface area contributed by atoms with E-state index in [-0.39, 0.29) is 0 Å². The number of benzene rings is 1. The highest BCUT2D eigenvalue weighted by Crippen LogP contribution is 2.25. The molecule has 0 saturated carbocycles. The summed E-state index contributed by atoms with van der Waals surface area (Å²) in [5, 5.41) is 0. The second-order valence-corrected chi connectivity index (χ2v) is 3.32. The summed E-state index contributed by atoms with van der Waals surface area (Å²) in [7, 11) is 3.53. The number of aliphatic hydroxyl groups is 1. The molecular weight excluding hydrogens is 148 g/mol. The number of aryl methyl sites for hydroxylation is 2. The lowest BCUT2D eigenvalue weighted by Crippen LogP contribution is -2.01. The van der Waals surface area contributed by atoms with E-state index in [1.165, 1.54) is 36.8 Å². The van der Waals surface area contributed by atoms with Gasteiger partial charge in [0.05, 0.1) is 0 Å². The van der Waals surface area contributed by atoms with Crippen molar-refractivity contribution in [2.24, 2.45) is 0 Å². The molecule has 0 atom stereocenters. The molecule has 0 fully saturated rings. The summed E-state index contributed by atoms with van der Waals surface area (Å²) >= 11 is 0. The molecule has 0 spiro atoms. The molecule has 0 amide bonds. The lowest BCUT2D eigenvalue weighted by atomic mass is 9.92. The van der Waals surface area contributed by atoms with Gasteiger partial charge in [0, 0.05) is 12.1 Å². The first kappa shape index (κ1) is 7.66. The molecule has 0 radical (unpaired) electrons. The minimum atomic E-state index is 1.01. The van der Waals surface area contributed by atoms with Gasteiger partial charge in [-0.3, -0.25) is 0 Å². The predicted octanol–water partition coefficient (Wildman–Crippen LogP) is 2.60. The Hall–Kier alpha value is -0.980. The third-order valence-corrected chi connectivity index (χ3v) is 2.51. The molecule has 1 aromatic rings. The van der Waals surface area contributed by atoms with Crippen LogP contribution >= 0.6 is 0 Å². The van der Waals surface area contributed by atoms with E-state index in [1.54, 1.807) is 0 Å². The zero-order chi connectivity index (χ0) is 8.39. The summed E-state index contributed by atoms with van der Waals surface area (Å²) in [6, 6.07) is 6.41. The second kappa shape index (κ2) is 3.18. The van der Waals surface area contributed by atoms with E-state index in [1.807, 2.05) is 0 Å². The van der Waals surface area contributed by atoms with Crippen LogP contribution in [0.4, 0.5) is 0 Å². The van der Waals surface area contributed by atoms with Gasteiger partial charge in [-0.2, -0.15) is 0 Å². The van der Waals surface area contributed by atoms with Gasteiger partial charge >= 0.3 is 0 Å². The van der Waals surface area contributed by atoms with Gasteiger partial charge in [0.1, 0.15) is 0 Å². The Bertz CT molecular complexity index is 278. The molecule has 0 saturated heterocycles. The van der Waals surface area contributed by atoms with Crippen LogP contribution in [0, 0.1) is 7.11 Å².